The first-order valence-corrected chi connectivity index (χ1v) is 6.81. The summed E-state index contributed by atoms with van der Waals surface area (Å²) in [6.45, 7) is 5.68. The summed E-state index contributed by atoms with van der Waals surface area (Å²) in [7, 11) is 0. The number of carbonyl (C=O) groups excluding carboxylic acids is 2. The van der Waals surface area contributed by atoms with Gasteiger partial charge in [0.25, 0.3) is 0 Å². The lowest BCUT2D eigenvalue weighted by atomic mass is 10.1. The average Bonchev–Trinajstić information content (AvgIpc) is 2.38. The van der Waals surface area contributed by atoms with E-state index in [0.29, 0.717) is 10.7 Å². The number of hydrogen-bond acceptors (Lipinski definition) is 3. The maximum atomic E-state index is 11.9. The molecule has 0 aliphatic carbocycles. The summed E-state index contributed by atoms with van der Waals surface area (Å²) in [4.78, 5) is 23.6. The second-order valence-electron chi connectivity index (χ2n) is 4.58. The molecular formula is C14H19ClN2O3. The van der Waals surface area contributed by atoms with Gasteiger partial charge in [-0.05, 0) is 37.1 Å². The number of urea groups is 1. The fourth-order valence-electron chi connectivity index (χ4n) is 1.57. The molecule has 0 fully saturated rings. The van der Waals surface area contributed by atoms with E-state index in [1.807, 2.05) is 13.8 Å². The number of benzene rings is 1. The third-order valence-corrected chi connectivity index (χ3v) is 2.85. The van der Waals surface area contributed by atoms with Crippen molar-refractivity contribution in [1.29, 1.82) is 0 Å². The summed E-state index contributed by atoms with van der Waals surface area (Å²) >= 11 is 5.76. The Labute approximate surface area is 123 Å². The molecule has 2 N–H and O–H groups in total. The van der Waals surface area contributed by atoms with Gasteiger partial charge >= 0.3 is 12.0 Å². The van der Waals surface area contributed by atoms with E-state index in [-0.39, 0.29) is 12.5 Å². The number of carbonyl (C=O) groups is 2. The smallest absolute Gasteiger partial charge is 0.328 e. The van der Waals surface area contributed by atoms with Crippen molar-refractivity contribution in [3.63, 3.8) is 0 Å². The predicted octanol–water partition coefficient (Wildman–Crippen LogP) is 3.05. The number of halogens is 1. The minimum Gasteiger partial charge on any atom is -0.464 e. The largest absolute Gasteiger partial charge is 0.464 e. The van der Waals surface area contributed by atoms with Gasteiger partial charge in [0.1, 0.15) is 6.04 Å². The SMILES string of the molecule is CCOC(=O)C(NC(=O)Nc1ccc(Cl)cc1)C(C)C. The monoisotopic (exact) mass is 298 g/mol. The van der Waals surface area contributed by atoms with Crippen LogP contribution in [0, 0.1) is 5.92 Å². The van der Waals surface area contributed by atoms with Crippen molar-refractivity contribution in [2.24, 2.45) is 5.92 Å². The average molecular weight is 299 g/mol. The lowest BCUT2D eigenvalue weighted by Gasteiger charge is -2.20. The molecule has 6 heteroatoms. The zero-order chi connectivity index (χ0) is 15.1. The van der Waals surface area contributed by atoms with Gasteiger partial charge in [0, 0.05) is 10.7 Å². The van der Waals surface area contributed by atoms with E-state index < -0.39 is 18.0 Å². The van der Waals surface area contributed by atoms with Crippen LogP contribution >= 0.6 is 11.6 Å². The van der Waals surface area contributed by atoms with Gasteiger partial charge in [-0.15, -0.1) is 0 Å². The van der Waals surface area contributed by atoms with Gasteiger partial charge < -0.3 is 15.4 Å². The van der Waals surface area contributed by atoms with Crippen molar-refractivity contribution in [2.75, 3.05) is 11.9 Å². The second-order valence-corrected chi connectivity index (χ2v) is 5.02. The molecule has 20 heavy (non-hydrogen) atoms. The maximum absolute atomic E-state index is 11.9. The molecule has 0 aliphatic rings. The van der Waals surface area contributed by atoms with Crippen molar-refractivity contribution < 1.29 is 14.3 Å². The van der Waals surface area contributed by atoms with Crippen molar-refractivity contribution in [1.82, 2.24) is 5.32 Å². The number of ether oxygens (including phenoxy) is 1. The van der Waals surface area contributed by atoms with E-state index in [4.69, 9.17) is 16.3 Å². The Kier molecular flexibility index (Phi) is 6.31. The van der Waals surface area contributed by atoms with Crippen LogP contribution in [-0.4, -0.2) is 24.6 Å². The topological polar surface area (TPSA) is 67.4 Å². The molecule has 1 unspecified atom stereocenters. The van der Waals surface area contributed by atoms with Crippen LogP contribution in [-0.2, 0) is 9.53 Å². The fraction of sp³-hybridized carbons (Fsp3) is 0.429. The molecule has 0 radical (unpaired) electrons. The Hall–Kier alpha value is -1.75. The molecule has 1 aromatic rings. The van der Waals surface area contributed by atoms with E-state index in [9.17, 15) is 9.59 Å². The van der Waals surface area contributed by atoms with E-state index >= 15 is 0 Å². The molecule has 2 amide bonds. The molecule has 0 aromatic heterocycles. The van der Waals surface area contributed by atoms with Gasteiger partial charge in [0.05, 0.1) is 6.61 Å². The van der Waals surface area contributed by atoms with E-state index in [1.165, 1.54) is 0 Å². The minimum atomic E-state index is -0.678. The van der Waals surface area contributed by atoms with Gasteiger partial charge in [-0.1, -0.05) is 25.4 Å². The van der Waals surface area contributed by atoms with Crippen molar-refractivity contribution >= 4 is 29.3 Å². The minimum absolute atomic E-state index is 0.0648. The molecule has 0 spiro atoms. The molecule has 0 saturated carbocycles. The van der Waals surface area contributed by atoms with Crippen LogP contribution in [0.1, 0.15) is 20.8 Å². The van der Waals surface area contributed by atoms with Crippen LogP contribution in [0.25, 0.3) is 0 Å². The fourth-order valence-corrected chi connectivity index (χ4v) is 1.70. The Balaban J connectivity index is 2.62. The molecule has 1 rings (SSSR count). The molecule has 1 atom stereocenters. The molecular weight excluding hydrogens is 280 g/mol. The van der Waals surface area contributed by atoms with Crippen molar-refractivity contribution in [3.05, 3.63) is 29.3 Å². The highest BCUT2D eigenvalue weighted by Crippen LogP contribution is 2.13. The number of hydrogen-bond donors (Lipinski definition) is 2. The highest BCUT2D eigenvalue weighted by molar-refractivity contribution is 6.30. The number of anilines is 1. The number of amides is 2. The first kappa shape index (κ1) is 16.3. The Morgan fingerprint density at radius 3 is 2.35 bits per heavy atom. The van der Waals surface area contributed by atoms with Crippen molar-refractivity contribution in [3.8, 4) is 0 Å². The van der Waals surface area contributed by atoms with Gasteiger partial charge in [-0.2, -0.15) is 0 Å². The third-order valence-electron chi connectivity index (χ3n) is 2.60. The Morgan fingerprint density at radius 1 is 1.25 bits per heavy atom. The highest BCUT2D eigenvalue weighted by atomic mass is 35.5. The van der Waals surface area contributed by atoms with Crippen LogP contribution in [0.15, 0.2) is 24.3 Å². The summed E-state index contributed by atoms with van der Waals surface area (Å²) < 4.78 is 4.93. The second kappa shape index (κ2) is 7.75. The van der Waals surface area contributed by atoms with E-state index in [0.717, 1.165) is 0 Å². The summed E-state index contributed by atoms with van der Waals surface area (Å²) in [6.07, 6.45) is 0. The molecule has 1 aromatic carbocycles. The summed E-state index contributed by atoms with van der Waals surface area (Å²) in [5.41, 5.74) is 0.596. The summed E-state index contributed by atoms with van der Waals surface area (Å²) in [5, 5.41) is 5.83. The lowest BCUT2D eigenvalue weighted by Crippen LogP contribution is -2.47. The standard InChI is InChI=1S/C14H19ClN2O3/c1-4-20-13(18)12(9(2)3)17-14(19)16-11-7-5-10(15)6-8-11/h5-9,12H,4H2,1-3H3,(H2,16,17,19). The van der Waals surface area contributed by atoms with Crippen LogP contribution in [0.4, 0.5) is 10.5 Å². The van der Waals surface area contributed by atoms with E-state index in [1.54, 1.807) is 31.2 Å². The normalized spacial score (nSPS) is 11.8. The first-order valence-electron chi connectivity index (χ1n) is 6.43. The highest BCUT2D eigenvalue weighted by Gasteiger charge is 2.25. The summed E-state index contributed by atoms with van der Waals surface area (Å²) in [6, 6.07) is 5.56. The van der Waals surface area contributed by atoms with Gasteiger partial charge in [0.2, 0.25) is 0 Å². The molecule has 0 bridgehead atoms. The van der Waals surface area contributed by atoms with Crippen LogP contribution in [0.5, 0.6) is 0 Å². The quantitative estimate of drug-likeness (QED) is 0.821. The predicted molar refractivity (Wildman–Crippen MR) is 78.9 cm³/mol. The van der Waals surface area contributed by atoms with Crippen LogP contribution in [0.3, 0.4) is 0 Å². The van der Waals surface area contributed by atoms with Gasteiger partial charge in [0.15, 0.2) is 0 Å². The first-order chi connectivity index (χ1) is 9.43. The Morgan fingerprint density at radius 2 is 1.85 bits per heavy atom. The Bertz CT molecular complexity index is 460. The zero-order valence-electron chi connectivity index (χ0n) is 11.8. The van der Waals surface area contributed by atoms with E-state index in [2.05, 4.69) is 10.6 Å². The third kappa shape index (κ3) is 5.09. The van der Waals surface area contributed by atoms with Crippen LogP contribution < -0.4 is 10.6 Å². The summed E-state index contributed by atoms with van der Waals surface area (Å²) in [5.74, 6) is -0.501. The zero-order valence-corrected chi connectivity index (χ0v) is 12.5. The number of nitrogens with one attached hydrogen (secondary N) is 2. The van der Waals surface area contributed by atoms with Crippen molar-refractivity contribution in [2.45, 2.75) is 26.8 Å². The molecule has 5 nitrogen and oxygen atoms in total. The van der Waals surface area contributed by atoms with Crippen LogP contribution in [0.2, 0.25) is 5.02 Å². The molecule has 110 valence electrons. The maximum Gasteiger partial charge on any atom is 0.328 e. The number of rotatable bonds is 5. The van der Waals surface area contributed by atoms with Gasteiger partial charge in [-0.25, -0.2) is 9.59 Å². The molecule has 0 aliphatic heterocycles. The molecule has 0 heterocycles. The molecule has 0 saturated heterocycles. The lowest BCUT2D eigenvalue weighted by molar-refractivity contribution is -0.146. The van der Waals surface area contributed by atoms with Gasteiger partial charge in [-0.3, -0.25) is 0 Å². The number of esters is 1.